The first-order valence-corrected chi connectivity index (χ1v) is 8.79. The number of thiophene rings is 1. The zero-order chi connectivity index (χ0) is 16.8. The van der Waals surface area contributed by atoms with E-state index in [-0.39, 0.29) is 23.7 Å². The van der Waals surface area contributed by atoms with E-state index in [1.807, 2.05) is 6.92 Å². The van der Waals surface area contributed by atoms with Crippen LogP contribution < -0.4 is 0 Å². The maximum Gasteiger partial charge on any atom is 0.306 e. The first-order chi connectivity index (χ1) is 10.3. The monoisotopic (exact) mass is 351 g/mol. The normalized spacial score (nSPS) is 12.1. The topological polar surface area (TPSA) is 82.1 Å². The minimum atomic E-state index is -3.72. The summed E-state index contributed by atoms with van der Waals surface area (Å²) in [5.41, 5.74) is 0. The van der Waals surface area contributed by atoms with Gasteiger partial charge in [0.25, 0.3) is 10.0 Å². The van der Waals surface area contributed by atoms with Gasteiger partial charge in [0.15, 0.2) is 6.29 Å². The van der Waals surface area contributed by atoms with Crippen LogP contribution in [0, 0.1) is 6.92 Å². The second-order valence-electron chi connectivity index (χ2n) is 4.46. The molecule has 1 aromatic rings. The quantitative estimate of drug-likeness (QED) is 0.492. The van der Waals surface area contributed by atoms with Crippen molar-refractivity contribution in [1.82, 2.24) is 4.31 Å². The fourth-order valence-electron chi connectivity index (χ4n) is 1.72. The molecule has 0 aliphatic carbocycles. The first kappa shape index (κ1) is 19.0. The number of esters is 1. The lowest BCUT2D eigenvalue weighted by Crippen LogP contribution is -2.40. The third-order valence-corrected chi connectivity index (χ3v) is 6.31. The van der Waals surface area contributed by atoms with Crippen molar-refractivity contribution in [2.24, 2.45) is 0 Å². The first-order valence-electron chi connectivity index (χ1n) is 6.54. The molecule has 0 saturated heterocycles. The summed E-state index contributed by atoms with van der Waals surface area (Å²) in [5, 5.41) is 0. The Labute approximate surface area is 134 Å². The van der Waals surface area contributed by atoms with Crippen LogP contribution in [-0.2, 0) is 29.0 Å². The molecule has 0 amide bonds. The predicted molar refractivity (Wildman–Crippen MR) is 82.3 cm³/mol. The Morgan fingerprint density at radius 2 is 1.91 bits per heavy atom. The van der Waals surface area contributed by atoms with Crippen LogP contribution in [0.1, 0.15) is 11.3 Å². The number of aryl methyl sites for hydroxylation is 1. The largest absolute Gasteiger partial charge is 0.469 e. The number of ether oxygens (including phenoxy) is 3. The Morgan fingerprint density at radius 3 is 2.36 bits per heavy atom. The van der Waals surface area contributed by atoms with Gasteiger partial charge in [0.1, 0.15) is 4.21 Å². The van der Waals surface area contributed by atoms with E-state index in [0.717, 1.165) is 4.88 Å². The van der Waals surface area contributed by atoms with Crippen molar-refractivity contribution < 1.29 is 27.4 Å². The van der Waals surface area contributed by atoms with E-state index in [9.17, 15) is 13.2 Å². The number of carbonyl (C=O) groups is 1. The maximum absolute atomic E-state index is 12.7. The molecule has 0 aromatic carbocycles. The Hall–Kier alpha value is -1.00. The summed E-state index contributed by atoms with van der Waals surface area (Å²) in [6.45, 7) is 1.81. The smallest absolute Gasteiger partial charge is 0.306 e. The molecule has 0 spiro atoms. The highest BCUT2D eigenvalue weighted by atomic mass is 32.2. The molecule has 0 aliphatic rings. The molecule has 1 aromatic heterocycles. The highest BCUT2D eigenvalue weighted by Crippen LogP contribution is 2.25. The average Bonchev–Trinajstić information content (AvgIpc) is 2.94. The SMILES string of the molecule is COC(=O)CCN(CC(OC)OC)S(=O)(=O)c1ccc(C)s1. The lowest BCUT2D eigenvalue weighted by molar-refractivity contribution is -0.141. The summed E-state index contributed by atoms with van der Waals surface area (Å²) >= 11 is 1.18. The lowest BCUT2D eigenvalue weighted by atomic mass is 10.4. The van der Waals surface area contributed by atoms with E-state index >= 15 is 0 Å². The van der Waals surface area contributed by atoms with Crippen molar-refractivity contribution in [3.05, 3.63) is 17.0 Å². The van der Waals surface area contributed by atoms with Gasteiger partial charge in [-0.1, -0.05) is 0 Å². The van der Waals surface area contributed by atoms with Crippen molar-refractivity contribution in [3.8, 4) is 0 Å². The van der Waals surface area contributed by atoms with E-state index in [1.165, 1.54) is 37.0 Å². The molecule has 0 aliphatic heterocycles. The molecule has 0 N–H and O–H groups in total. The minimum absolute atomic E-state index is 0.00479. The molecule has 0 atom stereocenters. The van der Waals surface area contributed by atoms with Crippen LogP contribution in [0.5, 0.6) is 0 Å². The molecule has 22 heavy (non-hydrogen) atoms. The van der Waals surface area contributed by atoms with E-state index in [1.54, 1.807) is 12.1 Å². The van der Waals surface area contributed by atoms with Gasteiger partial charge in [-0.3, -0.25) is 4.79 Å². The Balaban J connectivity index is 2.99. The maximum atomic E-state index is 12.7. The summed E-state index contributed by atoms with van der Waals surface area (Å²) in [5.74, 6) is -0.478. The fourth-order valence-corrected chi connectivity index (χ4v) is 4.58. The van der Waals surface area contributed by atoms with Crippen LogP contribution >= 0.6 is 11.3 Å². The number of hydrogen-bond acceptors (Lipinski definition) is 7. The van der Waals surface area contributed by atoms with Gasteiger partial charge >= 0.3 is 5.97 Å². The van der Waals surface area contributed by atoms with Crippen LogP contribution in [0.2, 0.25) is 0 Å². The van der Waals surface area contributed by atoms with E-state index in [4.69, 9.17) is 9.47 Å². The molecule has 0 bridgehead atoms. The standard InChI is InChI=1S/C13H21NO6S2/c1-10-5-6-13(21-10)22(16,17)14(8-7-11(15)18-2)9-12(19-3)20-4/h5-6,12H,7-9H2,1-4H3. The number of nitrogens with zero attached hydrogens (tertiary/aromatic N) is 1. The zero-order valence-corrected chi connectivity index (χ0v) is 14.7. The second kappa shape index (κ2) is 8.59. The summed E-state index contributed by atoms with van der Waals surface area (Å²) in [6, 6.07) is 3.29. The van der Waals surface area contributed by atoms with Crippen molar-refractivity contribution >= 4 is 27.3 Å². The fraction of sp³-hybridized carbons (Fsp3) is 0.615. The highest BCUT2D eigenvalue weighted by Gasteiger charge is 2.29. The minimum Gasteiger partial charge on any atom is -0.469 e. The van der Waals surface area contributed by atoms with Crippen LogP contribution in [0.3, 0.4) is 0 Å². The van der Waals surface area contributed by atoms with Gasteiger partial charge in [-0.05, 0) is 19.1 Å². The van der Waals surface area contributed by atoms with Gasteiger partial charge in [-0.25, -0.2) is 8.42 Å². The van der Waals surface area contributed by atoms with Gasteiger partial charge in [-0.2, -0.15) is 4.31 Å². The second-order valence-corrected chi connectivity index (χ2v) is 7.91. The number of hydrogen-bond donors (Lipinski definition) is 0. The van der Waals surface area contributed by atoms with Gasteiger partial charge < -0.3 is 14.2 Å². The molecule has 126 valence electrons. The molecule has 0 radical (unpaired) electrons. The molecule has 0 fully saturated rings. The highest BCUT2D eigenvalue weighted by molar-refractivity contribution is 7.91. The molecule has 1 heterocycles. The number of rotatable bonds is 9. The predicted octanol–water partition coefficient (Wildman–Crippen LogP) is 1.23. The van der Waals surface area contributed by atoms with Crippen LogP contribution in [0.25, 0.3) is 0 Å². The Bertz CT molecular complexity index is 579. The molecular weight excluding hydrogens is 330 g/mol. The van der Waals surface area contributed by atoms with E-state index in [2.05, 4.69) is 4.74 Å². The molecule has 0 unspecified atom stereocenters. The Morgan fingerprint density at radius 1 is 1.27 bits per heavy atom. The summed E-state index contributed by atoms with van der Waals surface area (Å²) in [6.07, 6.45) is -0.756. The average molecular weight is 351 g/mol. The van der Waals surface area contributed by atoms with E-state index < -0.39 is 22.3 Å². The molecule has 9 heteroatoms. The van der Waals surface area contributed by atoms with Crippen molar-refractivity contribution in [2.75, 3.05) is 34.4 Å². The summed E-state index contributed by atoms with van der Waals surface area (Å²) in [4.78, 5) is 12.2. The van der Waals surface area contributed by atoms with Gasteiger partial charge in [-0.15, -0.1) is 11.3 Å². The lowest BCUT2D eigenvalue weighted by Gasteiger charge is -2.24. The van der Waals surface area contributed by atoms with Gasteiger partial charge in [0.2, 0.25) is 0 Å². The zero-order valence-electron chi connectivity index (χ0n) is 13.1. The van der Waals surface area contributed by atoms with Crippen LogP contribution in [-0.4, -0.2) is 59.4 Å². The molecular formula is C13H21NO6S2. The van der Waals surface area contributed by atoms with Crippen LogP contribution in [0.15, 0.2) is 16.3 Å². The van der Waals surface area contributed by atoms with Gasteiger partial charge in [0.05, 0.1) is 20.1 Å². The van der Waals surface area contributed by atoms with Crippen molar-refractivity contribution in [3.63, 3.8) is 0 Å². The van der Waals surface area contributed by atoms with Crippen LogP contribution in [0.4, 0.5) is 0 Å². The number of sulfonamides is 1. The number of carbonyl (C=O) groups excluding carboxylic acids is 1. The molecule has 1 rings (SSSR count). The number of methoxy groups -OCH3 is 3. The third-order valence-electron chi connectivity index (χ3n) is 2.98. The van der Waals surface area contributed by atoms with E-state index in [0.29, 0.717) is 0 Å². The van der Waals surface area contributed by atoms with Crippen molar-refractivity contribution in [2.45, 2.75) is 23.8 Å². The summed E-state index contributed by atoms with van der Waals surface area (Å²) in [7, 11) is 0.396. The molecule has 0 saturated carbocycles. The molecule has 7 nitrogen and oxygen atoms in total. The summed E-state index contributed by atoms with van der Waals surface area (Å²) < 4.78 is 41.4. The third kappa shape index (κ3) is 5.03. The van der Waals surface area contributed by atoms with Gasteiger partial charge in [0, 0.05) is 25.6 Å². The Kier molecular flexibility index (Phi) is 7.43. The van der Waals surface area contributed by atoms with Crippen molar-refractivity contribution in [1.29, 1.82) is 0 Å².